The Labute approximate surface area is 158 Å². The van der Waals surface area contributed by atoms with E-state index in [0.717, 1.165) is 10.0 Å². The molecule has 130 valence electrons. The molecular formula is C19H15BrN4O2. The molecule has 0 aliphatic rings. The Morgan fingerprint density at radius 3 is 2.69 bits per heavy atom. The van der Waals surface area contributed by atoms with E-state index in [2.05, 4.69) is 37.3 Å². The highest BCUT2D eigenvalue weighted by atomic mass is 79.9. The fourth-order valence-electron chi connectivity index (χ4n) is 2.70. The van der Waals surface area contributed by atoms with Gasteiger partial charge in [-0.2, -0.15) is 5.26 Å². The largest absolute Gasteiger partial charge is 0.480 e. The van der Waals surface area contributed by atoms with E-state index in [1.807, 2.05) is 24.3 Å². The molecule has 3 aromatic rings. The summed E-state index contributed by atoms with van der Waals surface area (Å²) in [5.74, 6) is -0.972. The third kappa shape index (κ3) is 3.37. The van der Waals surface area contributed by atoms with E-state index in [4.69, 9.17) is 0 Å². The molecule has 0 saturated carbocycles. The molecule has 26 heavy (non-hydrogen) atoms. The fraction of sp³-hybridized carbons (Fsp3) is 0.158. The minimum atomic E-state index is -0.972. The molecule has 0 radical (unpaired) electrons. The Balaban J connectivity index is 2.28. The zero-order valence-electron chi connectivity index (χ0n) is 13.9. The van der Waals surface area contributed by atoms with Crippen LogP contribution in [0.5, 0.6) is 0 Å². The van der Waals surface area contributed by atoms with Crippen LogP contribution >= 0.6 is 15.9 Å². The van der Waals surface area contributed by atoms with Gasteiger partial charge >= 0.3 is 5.97 Å². The van der Waals surface area contributed by atoms with Crippen molar-refractivity contribution in [2.24, 2.45) is 0 Å². The number of benzene rings is 1. The van der Waals surface area contributed by atoms with Gasteiger partial charge in [0.25, 0.3) is 0 Å². The number of rotatable bonds is 5. The summed E-state index contributed by atoms with van der Waals surface area (Å²) in [5.41, 5.74) is 2.62. The number of anilines is 1. The molecular weight excluding hydrogens is 396 g/mol. The van der Waals surface area contributed by atoms with E-state index in [1.54, 1.807) is 25.4 Å². The maximum atomic E-state index is 11.5. The lowest BCUT2D eigenvalue weighted by Gasteiger charge is -2.18. The maximum absolute atomic E-state index is 11.5. The van der Waals surface area contributed by atoms with Crippen molar-refractivity contribution in [3.63, 3.8) is 0 Å². The molecule has 0 aliphatic carbocycles. The van der Waals surface area contributed by atoms with Crippen LogP contribution in [-0.2, 0) is 4.79 Å². The number of nitriles is 1. The lowest BCUT2D eigenvalue weighted by atomic mass is 10.0. The lowest BCUT2D eigenvalue weighted by Crippen LogP contribution is -2.29. The molecule has 0 bridgehead atoms. The number of hydrogen-bond donors (Lipinski definition) is 2. The fourth-order valence-corrected chi connectivity index (χ4v) is 2.97. The molecule has 0 spiro atoms. The summed E-state index contributed by atoms with van der Waals surface area (Å²) < 4.78 is 0.914. The minimum absolute atomic E-state index is 0.311. The maximum Gasteiger partial charge on any atom is 0.326 e. The Kier molecular flexibility index (Phi) is 5.14. The summed E-state index contributed by atoms with van der Waals surface area (Å²) in [5, 5.41) is 22.9. The van der Waals surface area contributed by atoms with Gasteiger partial charge in [0.15, 0.2) is 0 Å². The first-order chi connectivity index (χ1) is 12.5. The highest BCUT2D eigenvalue weighted by Crippen LogP contribution is 2.34. The van der Waals surface area contributed by atoms with Gasteiger partial charge in [0.1, 0.15) is 17.7 Å². The summed E-state index contributed by atoms with van der Waals surface area (Å²) >= 11 is 3.39. The Hall–Kier alpha value is -2.98. The van der Waals surface area contributed by atoms with E-state index in [1.165, 1.54) is 0 Å². The number of halogens is 1. The molecule has 1 aromatic carbocycles. The van der Waals surface area contributed by atoms with E-state index >= 15 is 0 Å². The van der Waals surface area contributed by atoms with Crippen LogP contribution in [0.3, 0.4) is 0 Å². The van der Waals surface area contributed by atoms with Crippen molar-refractivity contribution in [2.45, 2.75) is 19.4 Å². The molecule has 0 aliphatic heterocycles. The number of hydrogen-bond acceptors (Lipinski definition) is 5. The van der Waals surface area contributed by atoms with Gasteiger partial charge in [-0.1, -0.05) is 35.0 Å². The van der Waals surface area contributed by atoms with Crippen LogP contribution in [-0.4, -0.2) is 27.1 Å². The lowest BCUT2D eigenvalue weighted by molar-refractivity contribution is -0.137. The van der Waals surface area contributed by atoms with Crippen LogP contribution in [0.1, 0.15) is 18.9 Å². The Morgan fingerprint density at radius 2 is 2.08 bits per heavy atom. The number of pyridine rings is 2. The van der Waals surface area contributed by atoms with Gasteiger partial charge in [0.2, 0.25) is 0 Å². The van der Waals surface area contributed by atoms with Gasteiger partial charge in [-0.3, -0.25) is 4.98 Å². The second kappa shape index (κ2) is 7.50. The molecule has 7 heteroatoms. The van der Waals surface area contributed by atoms with Crippen LogP contribution in [0.2, 0.25) is 0 Å². The van der Waals surface area contributed by atoms with E-state index in [-0.39, 0.29) is 0 Å². The summed E-state index contributed by atoms with van der Waals surface area (Å²) in [4.78, 5) is 20.2. The number of carboxylic acid groups (broad SMARTS) is 1. The first-order valence-corrected chi connectivity index (χ1v) is 8.77. The molecule has 0 amide bonds. The average molecular weight is 411 g/mol. The van der Waals surface area contributed by atoms with Crippen molar-refractivity contribution < 1.29 is 9.90 Å². The normalized spacial score (nSPS) is 11.7. The SMILES string of the molecule is CC[C@@H](Nc1c(C#N)c(-c2ccc(Br)cc2)nc2cnccc12)C(=O)O. The molecule has 3 rings (SSSR count). The predicted octanol–water partition coefficient (Wildman–Crippen LogP) is 4.21. The summed E-state index contributed by atoms with van der Waals surface area (Å²) in [7, 11) is 0. The van der Waals surface area contributed by atoms with E-state index < -0.39 is 12.0 Å². The third-order valence-corrected chi connectivity index (χ3v) is 4.57. The molecule has 6 nitrogen and oxygen atoms in total. The first kappa shape index (κ1) is 17.8. The number of fused-ring (bicyclic) bond motifs is 1. The molecule has 2 aromatic heterocycles. The number of aliphatic carboxylic acids is 1. The summed E-state index contributed by atoms with van der Waals surface area (Å²) in [6.07, 6.45) is 3.58. The molecule has 0 fully saturated rings. The van der Waals surface area contributed by atoms with Crippen LogP contribution < -0.4 is 5.32 Å². The van der Waals surface area contributed by atoms with Crippen LogP contribution in [0.15, 0.2) is 47.2 Å². The zero-order valence-corrected chi connectivity index (χ0v) is 15.5. The van der Waals surface area contributed by atoms with Crippen molar-refractivity contribution in [1.82, 2.24) is 9.97 Å². The second-order valence-electron chi connectivity index (χ2n) is 5.67. The molecule has 0 saturated heterocycles. The molecule has 0 unspecified atom stereocenters. The molecule has 2 heterocycles. The van der Waals surface area contributed by atoms with Gasteiger partial charge < -0.3 is 10.4 Å². The van der Waals surface area contributed by atoms with Crippen LogP contribution in [0, 0.1) is 11.3 Å². The minimum Gasteiger partial charge on any atom is -0.480 e. The smallest absolute Gasteiger partial charge is 0.326 e. The first-order valence-electron chi connectivity index (χ1n) is 7.98. The molecule has 2 N–H and O–H groups in total. The third-order valence-electron chi connectivity index (χ3n) is 4.04. The van der Waals surface area contributed by atoms with Gasteiger partial charge in [-0.05, 0) is 24.6 Å². The molecule has 1 atom stereocenters. The summed E-state index contributed by atoms with van der Waals surface area (Å²) in [6, 6.07) is 10.6. The highest BCUT2D eigenvalue weighted by Gasteiger charge is 2.21. The number of carbonyl (C=O) groups is 1. The number of carboxylic acids is 1. The average Bonchev–Trinajstić information content (AvgIpc) is 2.65. The number of nitrogens with zero attached hydrogens (tertiary/aromatic N) is 3. The van der Waals surface area contributed by atoms with Crippen molar-refractivity contribution in [2.75, 3.05) is 5.32 Å². The highest BCUT2D eigenvalue weighted by molar-refractivity contribution is 9.10. The standard InChI is InChI=1S/C19H15BrN4O2/c1-2-15(19(25)26)23-18-13-7-8-22-10-16(13)24-17(14(18)9-21)11-3-5-12(20)6-4-11/h3-8,10,15H,2H2,1H3,(H,23,24)(H,25,26)/t15-/m1/s1. The topological polar surface area (TPSA) is 98.9 Å². The monoisotopic (exact) mass is 410 g/mol. The van der Waals surface area contributed by atoms with E-state index in [0.29, 0.717) is 34.3 Å². The van der Waals surface area contributed by atoms with Gasteiger partial charge in [0.05, 0.1) is 23.1 Å². The zero-order chi connectivity index (χ0) is 18.7. The van der Waals surface area contributed by atoms with Crippen LogP contribution in [0.4, 0.5) is 5.69 Å². The summed E-state index contributed by atoms with van der Waals surface area (Å²) in [6.45, 7) is 1.78. The van der Waals surface area contributed by atoms with Crippen molar-refractivity contribution in [3.05, 3.63) is 52.8 Å². The Morgan fingerprint density at radius 1 is 1.35 bits per heavy atom. The van der Waals surface area contributed by atoms with Gasteiger partial charge in [-0.25, -0.2) is 9.78 Å². The van der Waals surface area contributed by atoms with Crippen molar-refractivity contribution >= 4 is 38.5 Å². The van der Waals surface area contributed by atoms with Crippen molar-refractivity contribution in [1.29, 1.82) is 5.26 Å². The number of aromatic nitrogens is 2. The van der Waals surface area contributed by atoms with Gasteiger partial charge in [0, 0.05) is 21.6 Å². The predicted molar refractivity (Wildman–Crippen MR) is 103 cm³/mol. The quantitative estimate of drug-likeness (QED) is 0.653. The van der Waals surface area contributed by atoms with Crippen LogP contribution in [0.25, 0.3) is 22.2 Å². The van der Waals surface area contributed by atoms with E-state index in [9.17, 15) is 15.2 Å². The number of nitrogens with one attached hydrogen (secondary N) is 1. The Bertz CT molecular complexity index is 1010. The van der Waals surface area contributed by atoms with Crippen molar-refractivity contribution in [3.8, 4) is 17.3 Å². The second-order valence-corrected chi connectivity index (χ2v) is 6.58. The van der Waals surface area contributed by atoms with Gasteiger partial charge in [-0.15, -0.1) is 0 Å².